The fraction of sp³-hybridized carbons (Fsp3) is 0.348. The highest BCUT2D eigenvalue weighted by Gasteiger charge is 2.35. The monoisotopic (exact) mass is 409 g/mol. The zero-order valence-corrected chi connectivity index (χ0v) is 17.1. The first-order valence-electron chi connectivity index (χ1n) is 10.2. The smallest absolute Gasteiger partial charge is 0.251 e. The van der Waals surface area contributed by atoms with E-state index in [4.69, 9.17) is 0 Å². The molecule has 3 rings (SSSR count). The highest BCUT2D eigenvalue weighted by molar-refractivity contribution is 6.00. The van der Waals surface area contributed by atoms with Crippen molar-refractivity contribution in [3.8, 4) is 5.75 Å². The van der Waals surface area contributed by atoms with Crippen molar-refractivity contribution in [1.29, 1.82) is 0 Å². The summed E-state index contributed by atoms with van der Waals surface area (Å²) >= 11 is 0. The van der Waals surface area contributed by atoms with Gasteiger partial charge in [-0.1, -0.05) is 31.2 Å². The number of carbonyl (C=O) groups excluding carboxylic acids is 3. The van der Waals surface area contributed by atoms with Gasteiger partial charge >= 0.3 is 0 Å². The SMILES string of the molecule is CCc1ccccc1N1CC(C(=O)NCCCNC(=O)c2cccc(O)c2)CC1=O. The highest BCUT2D eigenvalue weighted by atomic mass is 16.3. The third-order valence-electron chi connectivity index (χ3n) is 5.21. The first kappa shape index (κ1) is 21.4. The number of nitrogens with zero attached hydrogens (tertiary/aromatic N) is 1. The number of hydrogen-bond acceptors (Lipinski definition) is 4. The van der Waals surface area contributed by atoms with Gasteiger partial charge in [0, 0.05) is 37.3 Å². The van der Waals surface area contributed by atoms with E-state index in [0.29, 0.717) is 31.6 Å². The van der Waals surface area contributed by atoms with Crippen molar-refractivity contribution >= 4 is 23.4 Å². The lowest BCUT2D eigenvalue weighted by Crippen LogP contribution is -2.35. The third kappa shape index (κ3) is 5.17. The number of nitrogens with one attached hydrogen (secondary N) is 2. The van der Waals surface area contributed by atoms with Gasteiger partial charge in [0.1, 0.15) is 5.75 Å². The van der Waals surface area contributed by atoms with Crippen molar-refractivity contribution in [3.63, 3.8) is 0 Å². The maximum atomic E-state index is 12.5. The van der Waals surface area contributed by atoms with Gasteiger partial charge in [0.05, 0.1) is 5.92 Å². The minimum Gasteiger partial charge on any atom is -0.508 e. The minimum absolute atomic E-state index is 0.0329. The van der Waals surface area contributed by atoms with Crippen molar-refractivity contribution < 1.29 is 19.5 Å². The average Bonchev–Trinajstić information content (AvgIpc) is 3.14. The third-order valence-corrected chi connectivity index (χ3v) is 5.21. The molecule has 1 atom stereocenters. The van der Waals surface area contributed by atoms with E-state index in [1.807, 2.05) is 31.2 Å². The van der Waals surface area contributed by atoms with E-state index in [-0.39, 0.29) is 35.8 Å². The van der Waals surface area contributed by atoms with Crippen molar-refractivity contribution in [2.45, 2.75) is 26.2 Å². The van der Waals surface area contributed by atoms with Crippen LogP contribution in [0, 0.1) is 5.92 Å². The van der Waals surface area contributed by atoms with Gasteiger partial charge < -0.3 is 20.6 Å². The van der Waals surface area contributed by atoms with Crippen molar-refractivity contribution in [2.24, 2.45) is 5.92 Å². The molecule has 1 saturated heterocycles. The second kappa shape index (κ2) is 9.91. The molecule has 0 bridgehead atoms. The lowest BCUT2D eigenvalue weighted by Gasteiger charge is -2.20. The van der Waals surface area contributed by atoms with Gasteiger partial charge in [-0.25, -0.2) is 0 Å². The molecule has 7 nitrogen and oxygen atoms in total. The number of phenols is 1. The van der Waals surface area contributed by atoms with Crippen LogP contribution in [-0.4, -0.2) is 42.5 Å². The maximum absolute atomic E-state index is 12.5. The fourth-order valence-corrected chi connectivity index (χ4v) is 3.58. The van der Waals surface area contributed by atoms with E-state index in [1.54, 1.807) is 17.0 Å². The van der Waals surface area contributed by atoms with E-state index in [2.05, 4.69) is 10.6 Å². The number of para-hydroxylation sites is 1. The Morgan fingerprint density at radius 3 is 2.63 bits per heavy atom. The van der Waals surface area contributed by atoms with Crippen LogP contribution >= 0.6 is 0 Å². The number of hydrogen-bond donors (Lipinski definition) is 3. The molecule has 1 unspecified atom stereocenters. The number of amides is 3. The summed E-state index contributed by atoms with van der Waals surface area (Å²) in [7, 11) is 0. The molecule has 3 amide bonds. The van der Waals surface area contributed by atoms with Crippen LogP contribution in [0.5, 0.6) is 5.75 Å². The summed E-state index contributed by atoms with van der Waals surface area (Å²) in [5.74, 6) is -0.779. The molecule has 30 heavy (non-hydrogen) atoms. The Hall–Kier alpha value is -3.35. The Balaban J connectivity index is 1.42. The topological polar surface area (TPSA) is 98.7 Å². The van der Waals surface area contributed by atoms with Crippen LogP contribution < -0.4 is 15.5 Å². The fourth-order valence-electron chi connectivity index (χ4n) is 3.58. The first-order valence-corrected chi connectivity index (χ1v) is 10.2. The lowest BCUT2D eigenvalue weighted by molar-refractivity contribution is -0.126. The average molecular weight is 409 g/mol. The molecule has 0 spiro atoms. The van der Waals surface area contributed by atoms with Gasteiger partial charge in [-0.2, -0.15) is 0 Å². The van der Waals surface area contributed by atoms with Crippen LogP contribution in [0.2, 0.25) is 0 Å². The van der Waals surface area contributed by atoms with Gasteiger partial charge in [-0.05, 0) is 42.7 Å². The van der Waals surface area contributed by atoms with Crippen LogP contribution in [0.15, 0.2) is 48.5 Å². The first-order chi connectivity index (χ1) is 14.5. The summed E-state index contributed by atoms with van der Waals surface area (Å²) in [6, 6.07) is 13.9. The zero-order chi connectivity index (χ0) is 21.5. The second-order valence-electron chi connectivity index (χ2n) is 7.34. The molecule has 0 aliphatic carbocycles. The van der Waals surface area contributed by atoms with E-state index in [1.165, 1.54) is 12.1 Å². The molecule has 2 aromatic rings. The summed E-state index contributed by atoms with van der Waals surface area (Å²) in [6.45, 7) is 3.24. The number of phenolic OH excluding ortho intramolecular Hbond substituents is 1. The van der Waals surface area contributed by atoms with Gasteiger partial charge in [-0.15, -0.1) is 0 Å². The van der Waals surface area contributed by atoms with E-state index >= 15 is 0 Å². The van der Waals surface area contributed by atoms with Crippen LogP contribution in [0.3, 0.4) is 0 Å². The number of aryl methyl sites for hydroxylation is 1. The maximum Gasteiger partial charge on any atom is 0.251 e. The van der Waals surface area contributed by atoms with Crippen LogP contribution in [0.4, 0.5) is 5.69 Å². The molecule has 3 N–H and O–H groups in total. The Labute approximate surface area is 176 Å². The molecule has 1 heterocycles. The molecule has 1 aliphatic heterocycles. The predicted octanol–water partition coefficient (Wildman–Crippen LogP) is 2.24. The standard InChI is InChI=1S/C23H27N3O4/c1-2-16-7-3-4-10-20(16)26-15-18(14-21(26)28)23(30)25-12-6-11-24-22(29)17-8-5-9-19(27)13-17/h3-5,7-10,13,18,27H,2,6,11-12,14-15H2,1H3,(H,24,29)(H,25,30). The predicted molar refractivity (Wildman–Crippen MR) is 114 cm³/mol. The normalized spacial score (nSPS) is 15.8. The molecular weight excluding hydrogens is 382 g/mol. The number of carbonyl (C=O) groups is 3. The Bertz CT molecular complexity index is 928. The quantitative estimate of drug-likeness (QED) is 0.583. The second-order valence-corrected chi connectivity index (χ2v) is 7.34. The number of rotatable bonds is 8. The Morgan fingerprint density at radius 2 is 1.87 bits per heavy atom. The van der Waals surface area contributed by atoms with Gasteiger partial charge in [0.25, 0.3) is 5.91 Å². The van der Waals surface area contributed by atoms with E-state index in [9.17, 15) is 19.5 Å². The molecular formula is C23H27N3O4. The molecule has 2 aromatic carbocycles. The number of benzene rings is 2. The van der Waals surface area contributed by atoms with Crippen molar-refractivity contribution in [3.05, 3.63) is 59.7 Å². The van der Waals surface area contributed by atoms with Gasteiger partial charge in [-0.3, -0.25) is 14.4 Å². The van der Waals surface area contributed by atoms with E-state index < -0.39 is 0 Å². The van der Waals surface area contributed by atoms with Gasteiger partial charge in [0.15, 0.2) is 0 Å². The van der Waals surface area contributed by atoms with Crippen molar-refractivity contribution in [2.75, 3.05) is 24.5 Å². The lowest BCUT2D eigenvalue weighted by atomic mass is 10.1. The minimum atomic E-state index is -0.371. The zero-order valence-electron chi connectivity index (χ0n) is 17.1. The largest absolute Gasteiger partial charge is 0.508 e. The summed E-state index contributed by atoms with van der Waals surface area (Å²) in [6.07, 6.45) is 1.60. The van der Waals surface area contributed by atoms with Gasteiger partial charge in [0.2, 0.25) is 11.8 Å². The van der Waals surface area contributed by atoms with Crippen LogP contribution in [0.1, 0.15) is 35.7 Å². The molecule has 0 saturated carbocycles. The highest BCUT2D eigenvalue weighted by Crippen LogP contribution is 2.28. The summed E-state index contributed by atoms with van der Waals surface area (Å²) in [5, 5.41) is 15.0. The molecule has 158 valence electrons. The summed E-state index contributed by atoms with van der Waals surface area (Å²) in [5.41, 5.74) is 2.36. The van der Waals surface area contributed by atoms with Crippen LogP contribution in [-0.2, 0) is 16.0 Å². The number of anilines is 1. The Morgan fingerprint density at radius 1 is 1.10 bits per heavy atom. The number of aromatic hydroxyl groups is 1. The summed E-state index contributed by atoms with van der Waals surface area (Å²) < 4.78 is 0. The molecule has 0 radical (unpaired) electrons. The molecule has 7 heteroatoms. The molecule has 1 fully saturated rings. The molecule has 1 aliphatic rings. The van der Waals surface area contributed by atoms with Crippen LogP contribution in [0.25, 0.3) is 0 Å². The summed E-state index contributed by atoms with van der Waals surface area (Å²) in [4.78, 5) is 38.6. The van der Waals surface area contributed by atoms with Crippen molar-refractivity contribution in [1.82, 2.24) is 10.6 Å². The van der Waals surface area contributed by atoms with E-state index in [0.717, 1.165) is 17.7 Å². The Kier molecular flexibility index (Phi) is 7.06. The molecule has 0 aromatic heterocycles.